The Morgan fingerprint density at radius 3 is 2.74 bits per heavy atom. The maximum Gasteiger partial charge on any atom is 0.277 e. The number of carbonyl (C=O) groups excluding carboxylic acids is 2. The van der Waals surface area contributed by atoms with Gasteiger partial charge >= 0.3 is 0 Å². The van der Waals surface area contributed by atoms with Crippen LogP contribution in [0.5, 0.6) is 0 Å². The van der Waals surface area contributed by atoms with Gasteiger partial charge in [-0.2, -0.15) is 0 Å². The molecule has 1 amide bonds. The van der Waals surface area contributed by atoms with Crippen LogP contribution < -0.4 is 11.1 Å². The summed E-state index contributed by atoms with van der Waals surface area (Å²) in [4.78, 5) is 28.0. The fourth-order valence-electron chi connectivity index (χ4n) is 2.81. The summed E-state index contributed by atoms with van der Waals surface area (Å²) in [5.41, 5.74) is 9.63. The average molecular weight is 257 g/mol. The molecule has 0 fully saturated rings. The van der Waals surface area contributed by atoms with Gasteiger partial charge < -0.3 is 5.73 Å². The third-order valence-electron chi connectivity index (χ3n) is 3.64. The number of aliphatic imine (C=N–C) groups is 1. The fraction of sp³-hybridized carbons (Fsp3) is 0.357. The zero-order valence-electron chi connectivity index (χ0n) is 10.7. The van der Waals surface area contributed by atoms with Gasteiger partial charge in [0, 0.05) is 12.0 Å². The lowest BCUT2D eigenvalue weighted by Crippen LogP contribution is -2.30. The third-order valence-corrected chi connectivity index (χ3v) is 3.64. The van der Waals surface area contributed by atoms with Crippen LogP contribution in [0.25, 0.3) is 0 Å². The minimum atomic E-state index is -0.272. The summed E-state index contributed by atoms with van der Waals surface area (Å²) in [7, 11) is 0. The number of Topliss-reactive ketones (excluding diaryl/α,β-unsaturated/α-hetero) is 1. The lowest BCUT2D eigenvalue weighted by atomic mass is 9.98. The Kier molecular flexibility index (Phi) is 2.62. The van der Waals surface area contributed by atoms with Crippen LogP contribution in [0.2, 0.25) is 0 Å². The first-order chi connectivity index (χ1) is 9.06. The van der Waals surface area contributed by atoms with Gasteiger partial charge in [0.05, 0.1) is 0 Å². The van der Waals surface area contributed by atoms with E-state index in [0.717, 1.165) is 28.7 Å². The molecule has 0 saturated heterocycles. The summed E-state index contributed by atoms with van der Waals surface area (Å²) in [6.45, 7) is 2.00. The van der Waals surface area contributed by atoms with Gasteiger partial charge in [0.15, 0.2) is 5.78 Å². The molecule has 2 aliphatic carbocycles. The van der Waals surface area contributed by atoms with Crippen molar-refractivity contribution in [3.05, 3.63) is 34.1 Å². The molecular formula is C14H15N3O2. The normalized spacial score (nSPS) is 27.0. The largest absolute Gasteiger partial charge is 0.369 e. The van der Waals surface area contributed by atoms with E-state index >= 15 is 0 Å². The molecule has 0 aromatic heterocycles. The predicted octanol–water partition coefficient (Wildman–Crippen LogP) is 1.08. The molecule has 0 bridgehead atoms. The second-order valence-corrected chi connectivity index (χ2v) is 5.11. The summed E-state index contributed by atoms with van der Waals surface area (Å²) < 4.78 is 0. The standard InChI is InChI=1S/C14H15N3O2/c1-7-5-9-8(12-13(19)17-14(15)16-12)3-2-4-11(18)10(9)6-7/h5H,2-4,6H2,1H3,(H3,15,16,17,19)/b12-8-. The molecule has 0 spiro atoms. The highest BCUT2D eigenvalue weighted by atomic mass is 16.2. The molecule has 3 aliphatic rings. The highest BCUT2D eigenvalue weighted by molar-refractivity contribution is 6.12. The summed E-state index contributed by atoms with van der Waals surface area (Å²) in [6, 6.07) is 0. The highest BCUT2D eigenvalue weighted by Crippen LogP contribution is 2.38. The first-order valence-electron chi connectivity index (χ1n) is 6.39. The van der Waals surface area contributed by atoms with Crippen molar-refractivity contribution in [2.75, 3.05) is 0 Å². The van der Waals surface area contributed by atoms with Crippen LogP contribution in [0.15, 0.2) is 39.1 Å². The van der Waals surface area contributed by atoms with Crippen molar-refractivity contribution < 1.29 is 9.59 Å². The van der Waals surface area contributed by atoms with Crippen LogP contribution in [0.1, 0.15) is 32.6 Å². The van der Waals surface area contributed by atoms with Crippen molar-refractivity contribution in [3.63, 3.8) is 0 Å². The van der Waals surface area contributed by atoms with Crippen molar-refractivity contribution in [2.45, 2.75) is 32.6 Å². The number of carbonyl (C=O) groups is 2. The van der Waals surface area contributed by atoms with Crippen molar-refractivity contribution in [3.8, 4) is 0 Å². The van der Waals surface area contributed by atoms with Gasteiger partial charge in [-0.05, 0) is 37.3 Å². The first kappa shape index (κ1) is 11.9. The lowest BCUT2D eigenvalue weighted by Gasteiger charge is -2.07. The Morgan fingerprint density at radius 1 is 1.26 bits per heavy atom. The van der Waals surface area contributed by atoms with Gasteiger partial charge in [-0.3, -0.25) is 14.9 Å². The van der Waals surface area contributed by atoms with Gasteiger partial charge in [0.2, 0.25) is 5.96 Å². The molecule has 1 heterocycles. The van der Waals surface area contributed by atoms with Gasteiger partial charge in [0.1, 0.15) is 5.70 Å². The van der Waals surface area contributed by atoms with E-state index in [2.05, 4.69) is 10.3 Å². The maximum atomic E-state index is 12.1. The number of allylic oxidation sites excluding steroid dienone is 5. The quantitative estimate of drug-likeness (QED) is 0.637. The van der Waals surface area contributed by atoms with Crippen LogP contribution in [0, 0.1) is 0 Å². The first-order valence-corrected chi connectivity index (χ1v) is 6.39. The number of hydrogen-bond donors (Lipinski definition) is 2. The molecule has 5 nitrogen and oxygen atoms in total. The number of nitrogens with one attached hydrogen (secondary N) is 1. The highest BCUT2D eigenvalue weighted by Gasteiger charge is 2.30. The molecule has 0 radical (unpaired) electrons. The van der Waals surface area contributed by atoms with Crippen molar-refractivity contribution in [1.82, 2.24) is 5.32 Å². The van der Waals surface area contributed by atoms with E-state index in [0.29, 0.717) is 25.0 Å². The molecule has 0 atom stereocenters. The molecule has 19 heavy (non-hydrogen) atoms. The summed E-state index contributed by atoms with van der Waals surface area (Å²) >= 11 is 0. The van der Waals surface area contributed by atoms with Gasteiger partial charge in [0.25, 0.3) is 5.91 Å². The molecule has 0 saturated carbocycles. The Bertz CT molecular complexity index is 621. The lowest BCUT2D eigenvalue weighted by molar-refractivity contribution is -0.116. The SMILES string of the molecule is CC1=CC2=C(C1)C(=O)CCC/C2=C1/N=C(N)NC1=O. The van der Waals surface area contributed by atoms with E-state index in [1.54, 1.807) is 0 Å². The van der Waals surface area contributed by atoms with Crippen LogP contribution >= 0.6 is 0 Å². The smallest absolute Gasteiger partial charge is 0.277 e. The zero-order chi connectivity index (χ0) is 13.6. The van der Waals surface area contributed by atoms with Gasteiger partial charge in [-0.15, -0.1) is 0 Å². The van der Waals surface area contributed by atoms with E-state index in [1.807, 2.05) is 13.0 Å². The maximum absolute atomic E-state index is 12.1. The fourth-order valence-corrected chi connectivity index (χ4v) is 2.81. The molecular weight excluding hydrogens is 242 g/mol. The molecule has 0 aromatic carbocycles. The van der Waals surface area contributed by atoms with E-state index < -0.39 is 0 Å². The topological polar surface area (TPSA) is 84.6 Å². The number of nitrogens with two attached hydrogens (primary N) is 1. The number of rotatable bonds is 0. The molecule has 3 rings (SSSR count). The number of guanidine groups is 1. The van der Waals surface area contributed by atoms with Crippen LogP contribution in [0.3, 0.4) is 0 Å². The number of nitrogens with zero attached hydrogens (tertiary/aromatic N) is 1. The number of ketones is 1. The van der Waals surface area contributed by atoms with E-state index in [4.69, 9.17) is 5.73 Å². The van der Waals surface area contributed by atoms with E-state index in [9.17, 15) is 9.59 Å². The molecule has 98 valence electrons. The summed E-state index contributed by atoms with van der Waals surface area (Å²) in [5.74, 6) is 0.0460. The minimum absolute atomic E-state index is 0.129. The van der Waals surface area contributed by atoms with Crippen molar-refractivity contribution in [2.24, 2.45) is 10.7 Å². The summed E-state index contributed by atoms with van der Waals surface area (Å²) in [6.07, 6.45) is 4.66. The van der Waals surface area contributed by atoms with E-state index in [1.165, 1.54) is 0 Å². The Hall–Kier alpha value is -2.17. The molecule has 0 aromatic rings. The van der Waals surface area contributed by atoms with Gasteiger partial charge in [-0.1, -0.05) is 11.6 Å². The van der Waals surface area contributed by atoms with Crippen LogP contribution in [-0.4, -0.2) is 17.6 Å². The molecule has 1 aliphatic heterocycles. The number of hydrogen-bond acceptors (Lipinski definition) is 4. The molecule has 3 N–H and O–H groups in total. The Balaban J connectivity index is 2.17. The monoisotopic (exact) mass is 257 g/mol. The average Bonchev–Trinajstić information content (AvgIpc) is 2.84. The van der Waals surface area contributed by atoms with Gasteiger partial charge in [-0.25, -0.2) is 4.99 Å². The minimum Gasteiger partial charge on any atom is -0.369 e. The second kappa shape index (κ2) is 4.19. The second-order valence-electron chi connectivity index (χ2n) is 5.11. The zero-order valence-corrected chi connectivity index (χ0v) is 10.7. The van der Waals surface area contributed by atoms with Crippen molar-refractivity contribution in [1.29, 1.82) is 0 Å². The van der Waals surface area contributed by atoms with Crippen LogP contribution in [0.4, 0.5) is 0 Å². The van der Waals surface area contributed by atoms with Crippen molar-refractivity contribution >= 4 is 17.6 Å². The Labute approximate surface area is 111 Å². The summed E-state index contributed by atoms with van der Waals surface area (Å²) in [5, 5.41) is 2.49. The van der Waals surface area contributed by atoms with E-state index in [-0.39, 0.29) is 17.6 Å². The molecule has 0 unspecified atom stereocenters. The Morgan fingerprint density at radius 2 is 2.05 bits per heavy atom. The molecule has 5 heteroatoms. The number of amides is 1. The third kappa shape index (κ3) is 1.91. The predicted molar refractivity (Wildman–Crippen MR) is 71.0 cm³/mol. The van der Waals surface area contributed by atoms with Crippen LogP contribution in [-0.2, 0) is 9.59 Å².